The van der Waals surface area contributed by atoms with Crippen molar-refractivity contribution in [3.05, 3.63) is 29.9 Å². The van der Waals surface area contributed by atoms with Crippen LogP contribution in [0.4, 0.5) is 0 Å². The van der Waals surface area contributed by atoms with Crippen molar-refractivity contribution in [3.63, 3.8) is 0 Å². The van der Waals surface area contributed by atoms with Gasteiger partial charge in [0, 0.05) is 12.0 Å². The third kappa shape index (κ3) is 1.55. The van der Waals surface area contributed by atoms with E-state index in [0.717, 1.165) is 35.9 Å². The molecule has 3 N–H and O–H groups in total. The molecule has 0 saturated heterocycles. The van der Waals surface area contributed by atoms with E-state index >= 15 is 0 Å². The molecule has 16 heavy (non-hydrogen) atoms. The van der Waals surface area contributed by atoms with Crippen molar-refractivity contribution in [2.75, 3.05) is 0 Å². The van der Waals surface area contributed by atoms with Crippen molar-refractivity contribution < 1.29 is 4.42 Å². The van der Waals surface area contributed by atoms with Crippen LogP contribution in [0.1, 0.15) is 30.3 Å². The monoisotopic (exact) mass is 217 g/mol. The second kappa shape index (κ2) is 3.49. The Labute approximate surface area is 93.9 Å². The first-order chi connectivity index (χ1) is 7.72. The van der Waals surface area contributed by atoms with E-state index in [1.165, 1.54) is 0 Å². The number of imidazole rings is 1. The number of nitrogens with one attached hydrogen (secondary N) is 1. The Bertz CT molecular complexity index is 494. The number of nitrogens with two attached hydrogens (primary N) is 1. The molecule has 1 saturated carbocycles. The summed E-state index contributed by atoms with van der Waals surface area (Å²) in [6, 6.07) is 4.26. The van der Waals surface area contributed by atoms with Gasteiger partial charge in [0.1, 0.15) is 17.3 Å². The molecule has 1 fully saturated rings. The number of H-pyrrole nitrogens is 1. The van der Waals surface area contributed by atoms with Crippen LogP contribution in [0.3, 0.4) is 0 Å². The molecule has 4 heteroatoms. The minimum absolute atomic E-state index is 0.351. The summed E-state index contributed by atoms with van der Waals surface area (Å²) >= 11 is 0. The molecule has 0 bridgehead atoms. The van der Waals surface area contributed by atoms with Crippen LogP contribution in [-0.4, -0.2) is 16.0 Å². The number of hydrogen-bond donors (Lipinski definition) is 2. The molecule has 84 valence electrons. The molecule has 0 spiro atoms. The molecule has 4 nitrogen and oxygen atoms in total. The Morgan fingerprint density at radius 2 is 2.25 bits per heavy atom. The molecule has 1 aliphatic rings. The van der Waals surface area contributed by atoms with E-state index in [-0.39, 0.29) is 0 Å². The number of hydrogen-bond acceptors (Lipinski definition) is 3. The number of rotatable bonds is 2. The van der Waals surface area contributed by atoms with Gasteiger partial charge in [0.2, 0.25) is 0 Å². The number of furan rings is 1. The van der Waals surface area contributed by atoms with E-state index in [9.17, 15) is 0 Å². The van der Waals surface area contributed by atoms with Gasteiger partial charge >= 0.3 is 0 Å². The van der Waals surface area contributed by atoms with Crippen molar-refractivity contribution in [2.24, 2.45) is 5.73 Å². The van der Waals surface area contributed by atoms with Gasteiger partial charge in [-0.2, -0.15) is 0 Å². The lowest BCUT2D eigenvalue weighted by atomic mass is 9.80. The lowest BCUT2D eigenvalue weighted by molar-refractivity contribution is 0.340. The second-order valence-corrected chi connectivity index (χ2v) is 4.52. The Hall–Kier alpha value is -1.55. The Morgan fingerprint density at radius 1 is 1.44 bits per heavy atom. The fraction of sp³-hybridized carbons (Fsp3) is 0.417. The van der Waals surface area contributed by atoms with E-state index in [1.807, 2.05) is 25.3 Å². The topological polar surface area (TPSA) is 67.8 Å². The summed E-state index contributed by atoms with van der Waals surface area (Å²) in [6.07, 6.45) is 3.89. The average molecular weight is 217 g/mol. The zero-order valence-corrected chi connectivity index (χ0v) is 9.23. The van der Waals surface area contributed by atoms with Crippen LogP contribution in [-0.2, 0) is 0 Å². The van der Waals surface area contributed by atoms with Crippen molar-refractivity contribution in [2.45, 2.75) is 31.7 Å². The predicted molar refractivity (Wildman–Crippen MR) is 61.0 cm³/mol. The molecule has 0 unspecified atom stereocenters. The first-order valence-electron chi connectivity index (χ1n) is 5.59. The van der Waals surface area contributed by atoms with Crippen LogP contribution in [0.25, 0.3) is 11.5 Å². The van der Waals surface area contributed by atoms with Gasteiger partial charge in [-0.3, -0.25) is 0 Å². The molecule has 0 aromatic carbocycles. The molecule has 0 atom stereocenters. The maximum absolute atomic E-state index is 5.77. The Kier molecular flexibility index (Phi) is 2.11. The summed E-state index contributed by atoms with van der Waals surface area (Å²) < 4.78 is 5.54. The highest BCUT2D eigenvalue weighted by Gasteiger charge is 2.29. The van der Waals surface area contributed by atoms with Gasteiger partial charge in [0.15, 0.2) is 5.76 Å². The van der Waals surface area contributed by atoms with Gasteiger partial charge in [0.25, 0.3) is 0 Å². The highest BCUT2D eigenvalue weighted by molar-refractivity contribution is 5.51. The van der Waals surface area contributed by atoms with Gasteiger partial charge in [-0.25, -0.2) is 4.98 Å². The summed E-state index contributed by atoms with van der Waals surface area (Å²) in [5.41, 5.74) is 6.72. The highest BCUT2D eigenvalue weighted by atomic mass is 16.3. The van der Waals surface area contributed by atoms with Crippen LogP contribution >= 0.6 is 0 Å². The molecule has 2 heterocycles. The molecular formula is C12H15N3O. The molecule has 0 aliphatic heterocycles. The van der Waals surface area contributed by atoms with Crippen molar-refractivity contribution in [1.82, 2.24) is 9.97 Å². The standard InChI is InChI=1S/C12H15N3O/c1-7-2-3-11(16-7)10-6-14-12(15-10)8-4-9(13)5-8/h2-3,6,8-9H,4-5,13H2,1H3,(H,14,15). The van der Waals surface area contributed by atoms with Gasteiger partial charge in [-0.1, -0.05) is 0 Å². The van der Waals surface area contributed by atoms with Gasteiger partial charge in [-0.05, 0) is 31.9 Å². The van der Waals surface area contributed by atoms with Crippen molar-refractivity contribution >= 4 is 0 Å². The third-order valence-electron chi connectivity index (χ3n) is 3.16. The van der Waals surface area contributed by atoms with E-state index < -0.39 is 0 Å². The van der Waals surface area contributed by atoms with E-state index in [2.05, 4.69) is 9.97 Å². The highest BCUT2D eigenvalue weighted by Crippen LogP contribution is 2.34. The number of nitrogens with zero attached hydrogens (tertiary/aromatic N) is 1. The summed E-state index contributed by atoms with van der Waals surface area (Å²) in [7, 11) is 0. The van der Waals surface area contributed by atoms with E-state index in [1.54, 1.807) is 0 Å². The fourth-order valence-corrected chi connectivity index (χ4v) is 2.13. The van der Waals surface area contributed by atoms with Crippen LogP contribution in [0.5, 0.6) is 0 Å². The minimum atomic E-state index is 0.351. The normalized spacial score (nSPS) is 24.4. The van der Waals surface area contributed by atoms with Crippen LogP contribution in [0, 0.1) is 6.92 Å². The maximum Gasteiger partial charge on any atom is 0.152 e. The summed E-state index contributed by atoms with van der Waals surface area (Å²) in [5.74, 6) is 3.29. The first kappa shape index (κ1) is 9.66. The maximum atomic E-state index is 5.77. The van der Waals surface area contributed by atoms with Crippen molar-refractivity contribution in [3.8, 4) is 11.5 Å². The Morgan fingerprint density at radius 3 is 2.88 bits per heavy atom. The largest absolute Gasteiger partial charge is 0.460 e. The second-order valence-electron chi connectivity index (χ2n) is 4.52. The van der Waals surface area contributed by atoms with Gasteiger partial charge in [-0.15, -0.1) is 0 Å². The SMILES string of the molecule is Cc1ccc(-c2cnc(C3CC(N)C3)[nH]2)o1. The fourth-order valence-electron chi connectivity index (χ4n) is 2.13. The quantitative estimate of drug-likeness (QED) is 0.810. The number of aromatic amines is 1. The molecule has 2 aromatic rings. The average Bonchev–Trinajstić information content (AvgIpc) is 2.81. The van der Waals surface area contributed by atoms with Crippen LogP contribution in [0.2, 0.25) is 0 Å². The molecule has 0 radical (unpaired) electrons. The lowest BCUT2D eigenvalue weighted by Gasteiger charge is -2.30. The number of aromatic nitrogens is 2. The first-order valence-corrected chi connectivity index (χ1v) is 5.59. The minimum Gasteiger partial charge on any atom is -0.460 e. The molecule has 1 aliphatic carbocycles. The zero-order chi connectivity index (χ0) is 11.1. The number of aryl methyl sites for hydroxylation is 1. The molecule has 2 aromatic heterocycles. The zero-order valence-electron chi connectivity index (χ0n) is 9.23. The third-order valence-corrected chi connectivity index (χ3v) is 3.16. The predicted octanol–water partition coefficient (Wildman–Crippen LogP) is 2.18. The van der Waals surface area contributed by atoms with Crippen molar-refractivity contribution in [1.29, 1.82) is 0 Å². The molecular weight excluding hydrogens is 202 g/mol. The van der Waals surface area contributed by atoms with E-state index in [0.29, 0.717) is 12.0 Å². The summed E-state index contributed by atoms with van der Waals surface area (Å²) in [6.45, 7) is 1.94. The summed E-state index contributed by atoms with van der Waals surface area (Å²) in [5, 5.41) is 0. The Balaban J connectivity index is 1.82. The molecule has 0 amide bonds. The van der Waals surface area contributed by atoms with E-state index in [4.69, 9.17) is 10.2 Å². The lowest BCUT2D eigenvalue weighted by Crippen LogP contribution is -2.35. The van der Waals surface area contributed by atoms with Crippen LogP contribution in [0.15, 0.2) is 22.7 Å². The summed E-state index contributed by atoms with van der Waals surface area (Å²) in [4.78, 5) is 7.69. The molecule has 3 rings (SSSR count). The van der Waals surface area contributed by atoms with Crippen LogP contribution < -0.4 is 5.73 Å². The smallest absolute Gasteiger partial charge is 0.152 e. The van der Waals surface area contributed by atoms with Gasteiger partial charge in [0.05, 0.1) is 6.20 Å². The van der Waals surface area contributed by atoms with Gasteiger partial charge < -0.3 is 15.1 Å².